The normalized spacial score (nSPS) is 11.1. The van der Waals surface area contributed by atoms with Gasteiger partial charge >= 0.3 is 5.97 Å². The van der Waals surface area contributed by atoms with E-state index in [1.54, 1.807) is 66.7 Å². The van der Waals surface area contributed by atoms with Gasteiger partial charge in [0.25, 0.3) is 5.56 Å². The number of para-hydroxylation sites is 1. The Labute approximate surface area is 171 Å². The molecule has 0 atom stereocenters. The molecule has 30 heavy (non-hydrogen) atoms. The van der Waals surface area contributed by atoms with Crippen LogP contribution in [0.1, 0.15) is 21.7 Å². The standard InChI is InChI=1S/C24H17FN2O3/c1-30-24(29)17-10-12-19(13-11-17)27-22(14-9-16-5-4-6-18(25)15-16)26-21-8-3-2-7-20(21)23(27)28/h2-15H,1H3/b14-9+. The highest BCUT2D eigenvalue weighted by atomic mass is 19.1. The van der Waals surface area contributed by atoms with Gasteiger partial charge in [-0.25, -0.2) is 14.2 Å². The van der Waals surface area contributed by atoms with E-state index in [0.29, 0.717) is 33.5 Å². The molecule has 5 nitrogen and oxygen atoms in total. The molecule has 4 rings (SSSR count). The van der Waals surface area contributed by atoms with Crippen LogP contribution >= 0.6 is 0 Å². The zero-order valence-corrected chi connectivity index (χ0v) is 16.1. The van der Waals surface area contributed by atoms with Crippen LogP contribution in [0, 0.1) is 5.82 Å². The Balaban J connectivity index is 1.88. The smallest absolute Gasteiger partial charge is 0.337 e. The first kappa shape index (κ1) is 19.3. The van der Waals surface area contributed by atoms with Crippen LogP contribution in [0.15, 0.2) is 77.6 Å². The second-order valence-corrected chi connectivity index (χ2v) is 6.55. The largest absolute Gasteiger partial charge is 0.465 e. The average molecular weight is 400 g/mol. The summed E-state index contributed by atoms with van der Waals surface area (Å²) < 4.78 is 19.7. The zero-order valence-electron chi connectivity index (χ0n) is 16.1. The lowest BCUT2D eigenvalue weighted by Gasteiger charge is -2.12. The molecule has 0 aliphatic heterocycles. The van der Waals surface area contributed by atoms with Crippen molar-refractivity contribution < 1.29 is 13.9 Å². The second kappa shape index (κ2) is 8.13. The van der Waals surface area contributed by atoms with Crippen LogP contribution in [0.4, 0.5) is 4.39 Å². The Bertz CT molecular complexity index is 1320. The number of carbonyl (C=O) groups is 1. The van der Waals surface area contributed by atoms with E-state index in [9.17, 15) is 14.0 Å². The predicted octanol–water partition coefficient (Wildman–Crippen LogP) is 4.48. The lowest BCUT2D eigenvalue weighted by molar-refractivity contribution is 0.0600. The van der Waals surface area contributed by atoms with Crippen molar-refractivity contribution in [2.45, 2.75) is 0 Å². The zero-order chi connectivity index (χ0) is 21.1. The summed E-state index contributed by atoms with van der Waals surface area (Å²) in [5.41, 5.74) is 1.88. The molecule has 1 aromatic heterocycles. The number of halogens is 1. The first-order valence-electron chi connectivity index (χ1n) is 9.21. The van der Waals surface area contributed by atoms with Crippen LogP contribution in [0.25, 0.3) is 28.7 Å². The minimum Gasteiger partial charge on any atom is -0.465 e. The molecule has 148 valence electrons. The molecule has 0 saturated heterocycles. The van der Waals surface area contributed by atoms with Crippen molar-refractivity contribution in [2.75, 3.05) is 7.11 Å². The lowest BCUT2D eigenvalue weighted by Crippen LogP contribution is -2.22. The van der Waals surface area contributed by atoms with E-state index >= 15 is 0 Å². The van der Waals surface area contributed by atoms with E-state index in [2.05, 4.69) is 4.98 Å². The van der Waals surface area contributed by atoms with Crippen molar-refractivity contribution in [3.8, 4) is 5.69 Å². The van der Waals surface area contributed by atoms with Crippen molar-refractivity contribution in [3.63, 3.8) is 0 Å². The molecule has 4 aromatic rings. The first-order chi connectivity index (χ1) is 14.6. The fraction of sp³-hybridized carbons (Fsp3) is 0.0417. The summed E-state index contributed by atoms with van der Waals surface area (Å²) >= 11 is 0. The number of fused-ring (bicyclic) bond motifs is 1. The SMILES string of the molecule is COC(=O)c1ccc(-n2c(/C=C/c3cccc(F)c3)nc3ccccc3c2=O)cc1. The molecule has 6 heteroatoms. The molecular formula is C24H17FN2O3. The Morgan fingerprint density at radius 3 is 2.50 bits per heavy atom. The summed E-state index contributed by atoms with van der Waals surface area (Å²) in [6.07, 6.45) is 3.36. The number of esters is 1. The Morgan fingerprint density at radius 1 is 1.00 bits per heavy atom. The van der Waals surface area contributed by atoms with Crippen LogP contribution in [0.2, 0.25) is 0 Å². The highest BCUT2D eigenvalue weighted by Gasteiger charge is 2.12. The quantitative estimate of drug-likeness (QED) is 0.474. The highest BCUT2D eigenvalue weighted by molar-refractivity contribution is 5.89. The number of rotatable bonds is 4. The maximum Gasteiger partial charge on any atom is 0.337 e. The number of methoxy groups -OCH3 is 1. The van der Waals surface area contributed by atoms with E-state index in [1.165, 1.54) is 23.8 Å². The third kappa shape index (κ3) is 3.75. The van der Waals surface area contributed by atoms with Gasteiger partial charge in [-0.3, -0.25) is 9.36 Å². The summed E-state index contributed by atoms with van der Waals surface area (Å²) in [6.45, 7) is 0. The fourth-order valence-electron chi connectivity index (χ4n) is 3.16. The second-order valence-electron chi connectivity index (χ2n) is 6.55. The molecule has 0 amide bonds. The molecule has 3 aromatic carbocycles. The summed E-state index contributed by atoms with van der Waals surface area (Å²) in [7, 11) is 1.31. The van der Waals surface area contributed by atoms with Crippen LogP contribution in [-0.2, 0) is 4.74 Å². The molecule has 0 radical (unpaired) electrons. The number of carbonyl (C=O) groups excluding carboxylic acids is 1. The Hall–Kier alpha value is -4.06. The maximum atomic E-state index is 13.5. The summed E-state index contributed by atoms with van der Waals surface area (Å²) in [5.74, 6) is -0.426. The van der Waals surface area contributed by atoms with Gasteiger partial charge in [-0.15, -0.1) is 0 Å². The number of ether oxygens (including phenoxy) is 1. The van der Waals surface area contributed by atoms with E-state index in [1.807, 2.05) is 6.07 Å². The summed E-state index contributed by atoms with van der Waals surface area (Å²) in [4.78, 5) is 29.6. The Kier molecular flexibility index (Phi) is 5.22. The third-order valence-corrected chi connectivity index (χ3v) is 4.62. The molecule has 1 heterocycles. The minimum absolute atomic E-state index is 0.245. The Morgan fingerprint density at radius 2 is 1.77 bits per heavy atom. The molecule has 0 aliphatic carbocycles. The van der Waals surface area contributed by atoms with Crippen molar-refractivity contribution in [2.24, 2.45) is 0 Å². The van der Waals surface area contributed by atoms with Crippen molar-refractivity contribution in [1.29, 1.82) is 0 Å². The van der Waals surface area contributed by atoms with Crippen LogP contribution in [0.5, 0.6) is 0 Å². The number of benzene rings is 3. The maximum absolute atomic E-state index is 13.5. The van der Waals surface area contributed by atoms with E-state index in [0.717, 1.165) is 0 Å². The monoisotopic (exact) mass is 400 g/mol. The van der Waals surface area contributed by atoms with Crippen molar-refractivity contribution in [1.82, 2.24) is 9.55 Å². The third-order valence-electron chi connectivity index (χ3n) is 4.62. The molecule has 0 N–H and O–H groups in total. The number of aromatic nitrogens is 2. The lowest BCUT2D eigenvalue weighted by atomic mass is 10.1. The topological polar surface area (TPSA) is 61.2 Å². The van der Waals surface area contributed by atoms with Gasteiger partial charge in [0, 0.05) is 0 Å². The predicted molar refractivity (Wildman–Crippen MR) is 114 cm³/mol. The van der Waals surface area contributed by atoms with E-state index < -0.39 is 5.97 Å². The van der Waals surface area contributed by atoms with Gasteiger partial charge < -0.3 is 4.74 Å². The molecule has 0 spiro atoms. The molecule has 0 unspecified atom stereocenters. The van der Waals surface area contributed by atoms with E-state index in [-0.39, 0.29) is 11.4 Å². The summed E-state index contributed by atoms with van der Waals surface area (Å²) in [6, 6.07) is 19.7. The highest BCUT2D eigenvalue weighted by Crippen LogP contribution is 2.17. The first-order valence-corrected chi connectivity index (χ1v) is 9.21. The number of nitrogens with zero attached hydrogens (tertiary/aromatic N) is 2. The minimum atomic E-state index is -0.461. The van der Waals surface area contributed by atoms with Gasteiger partial charge in [0.15, 0.2) is 0 Å². The average Bonchev–Trinajstić information content (AvgIpc) is 2.77. The van der Waals surface area contributed by atoms with Gasteiger partial charge in [-0.2, -0.15) is 0 Å². The molecule has 0 saturated carbocycles. The van der Waals surface area contributed by atoms with Gasteiger partial charge in [-0.05, 0) is 60.2 Å². The molecule has 0 aliphatic rings. The molecular weight excluding hydrogens is 383 g/mol. The molecule has 0 bridgehead atoms. The summed E-state index contributed by atoms with van der Waals surface area (Å²) in [5, 5.41) is 0.470. The number of hydrogen-bond donors (Lipinski definition) is 0. The van der Waals surface area contributed by atoms with E-state index in [4.69, 9.17) is 4.74 Å². The van der Waals surface area contributed by atoms with Crippen LogP contribution in [-0.4, -0.2) is 22.6 Å². The fourth-order valence-corrected chi connectivity index (χ4v) is 3.16. The molecule has 0 fully saturated rings. The van der Waals surface area contributed by atoms with Crippen molar-refractivity contribution >= 4 is 29.0 Å². The van der Waals surface area contributed by atoms with Gasteiger partial charge in [-0.1, -0.05) is 30.3 Å². The van der Waals surface area contributed by atoms with Crippen LogP contribution in [0.3, 0.4) is 0 Å². The number of hydrogen-bond acceptors (Lipinski definition) is 4. The van der Waals surface area contributed by atoms with Gasteiger partial charge in [0.2, 0.25) is 0 Å². The van der Waals surface area contributed by atoms with Crippen LogP contribution < -0.4 is 5.56 Å². The van der Waals surface area contributed by atoms with Crippen molar-refractivity contribution in [3.05, 3.63) is 106 Å². The van der Waals surface area contributed by atoms with Gasteiger partial charge in [0.05, 0.1) is 29.3 Å². The van der Waals surface area contributed by atoms with Gasteiger partial charge in [0.1, 0.15) is 11.6 Å².